The molecule has 1 heterocycles. The first kappa shape index (κ1) is 19.0. The van der Waals surface area contributed by atoms with E-state index in [2.05, 4.69) is 16.4 Å². The van der Waals surface area contributed by atoms with Crippen LogP contribution in [0, 0.1) is 6.92 Å². The van der Waals surface area contributed by atoms with E-state index in [-0.39, 0.29) is 11.7 Å². The lowest BCUT2D eigenvalue weighted by Gasteiger charge is -2.11. The minimum atomic E-state index is -0.0943. The molecule has 1 amide bonds. The summed E-state index contributed by atoms with van der Waals surface area (Å²) in [6.45, 7) is 4.46. The molecule has 6 heteroatoms. The summed E-state index contributed by atoms with van der Waals surface area (Å²) in [6.07, 6.45) is 0. The highest BCUT2D eigenvalue weighted by Gasteiger charge is 2.11. The van der Waals surface area contributed by atoms with Gasteiger partial charge in [0.1, 0.15) is 16.5 Å². The molecule has 2 aromatic carbocycles. The normalized spacial score (nSPS) is 10.6. The fraction of sp³-hybridized carbons (Fsp3) is 0.238. The summed E-state index contributed by atoms with van der Waals surface area (Å²) < 4.78 is 10.8. The van der Waals surface area contributed by atoms with Gasteiger partial charge in [0, 0.05) is 5.39 Å². The standard InChI is InChI=1S/C21H22N2O3S/c1-4-26-19-8-6-5-7-18(19)22-20(24)13-27-21-14(2)11-15-12-16(25-3)9-10-17(15)23-21/h5-12H,4,13H2,1-3H3,(H,22,24). The summed E-state index contributed by atoms with van der Waals surface area (Å²) in [5.74, 6) is 1.66. The Morgan fingerprint density at radius 2 is 2.00 bits per heavy atom. The van der Waals surface area contributed by atoms with E-state index < -0.39 is 0 Å². The van der Waals surface area contributed by atoms with Crippen molar-refractivity contribution in [2.24, 2.45) is 0 Å². The maximum absolute atomic E-state index is 12.4. The molecule has 27 heavy (non-hydrogen) atoms. The molecule has 0 radical (unpaired) electrons. The lowest BCUT2D eigenvalue weighted by molar-refractivity contribution is -0.113. The van der Waals surface area contributed by atoms with Crippen molar-refractivity contribution in [3.63, 3.8) is 0 Å². The van der Waals surface area contributed by atoms with Crippen molar-refractivity contribution >= 4 is 34.3 Å². The smallest absolute Gasteiger partial charge is 0.234 e. The lowest BCUT2D eigenvalue weighted by atomic mass is 10.1. The second kappa shape index (κ2) is 8.77. The molecular weight excluding hydrogens is 360 g/mol. The third kappa shape index (κ3) is 4.71. The number of para-hydroxylation sites is 2. The lowest BCUT2D eigenvalue weighted by Crippen LogP contribution is -2.15. The van der Waals surface area contributed by atoms with Crippen molar-refractivity contribution in [1.29, 1.82) is 0 Å². The van der Waals surface area contributed by atoms with Gasteiger partial charge in [-0.05, 0) is 55.8 Å². The average Bonchev–Trinajstić information content (AvgIpc) is 2.67. The molecule has 0 unspecified atom stereocenters. The Bertz CT molecular complexity index is 959. The summed E-state index contributed by atoms with van der Waals surface area (Å²) in [6, 6.07) is 15.3. The van der Waals surface area contributed by atoms with Crippen molar-refractivity contribution in [3.05, 3.63) is 54.1 Å². The quantitative estimate of drug-likeness (QED) is 0.601. The number of fused-ring (bicyclic) bond motifs is 1. The van der Waals surface area contributed by atoms with Gasteiger partial charge in [-0.3, -0.25) is 4.79 Å². The highest BCUT2D eigenvalue weighted by atomic mass is 32.2. The number of hydrogen-bond donors (Lipinski definition) is 1. The van der Waals surface area contributed by atoms with Gasteiger partial charge in [-0.15, -0.1) is 0 Å². The predicted molar refractivity (Wildman–Crippen MR) is 110 cm³/mol. The van der Waals surface area contributed by atoms with Crippen LogP contribution in [0.1, 0.15) is 12.5 Å². The van der Waals surface area contributed by atoms with Gasteiger partial charge in [0.05, 0.1) is 30.7 Å². The minimum absolute atomic E-state index is 0.0943. The van der Waals surface area contributed by atoms with Gasteiger partial charge in [-0.2, -0.15) is 0 Å². The number of carbonyl (C=O) groups excluding carboxylic acids is 1. The van der Waals surface area contributed by atoms with Crippen LogP contribution >= 0.6 is 11.8 Å². The molecule has 1 N–H and O–H groups in total. The SMILES string of the molecule is CCOc1ccccc1NC(=O)CSc1nc2ccc(OC)cc2cc1C. The number of thioether (sulfide) groups is 1. The molecule has 0 spiro atoms. The first-order chi connectivity index (χ1) is 13.1. The van der Waals surface area contributed by atoms with Crippen LogP contribution < -0.4 is 14.8 Å². The maximum atomic E-state index is 12.4. The van der Waals surface area contributed by atoms with E-state index in [0.29, 0.717) is 18.0 Å². The molecular formula is C21H22N2O3S. The number of nitrogens with zero attached hydrogens (tertiary/aromatic N) is 1. The van der Waals surface area contributed by atoms with Crippen LogP contribution in [0.4, 0.5) is 5.69 Å². The van der Waals surface area contributed by atoms with E-state index in [1.165, 1.54) is 11.8 Å². The van der Waals surface area contributed by atoms with Crippen LogP contribution in [-0.2, 0) is 4.79 Å². The van der Waals surface area contributed by atoms with E-state index in [0.717, 1.165) is 27.2 Å². The molecule has 0 aliphatic rings. The zero-order valence-electron chi connectivity index (χ0n) is 15.6. The first-order valence-corrected chi connectivity index (χ1v) is 9.69. The molecule has 0 aliphatic heterocycles. The monoisotopic (exact) mass is 382 g/mol. The van der Waals surface area contributed by atoms with Gasteiger partial charge in [0.2, 0.25) is 5.91 Å². The Balaban J connectivity index is 1.69. The highest BCUT2D eigenvalue weighted by Crippen LogP contribution is 2.28. The van der Waals surface area contributed by atoms with Gasteiger partial charge >= 0.3 is 0 Å². The minimum Gasteiger partial charge on any atom is -0.497 e. The molecule has 0 atom stereocenters. The zero-order valence-corrected chi connectivity index (χ0v) is 16.4. The number of amides is 1. The van der Waals surface area contributed by atoms with Crippen molar-refractivity contribution in [2.45, 2.75) is 18.9 Å². The number of aromatic nitrogens is 1. The van der Waals surface area contributed by atoms with Gasteiger partial charge in [0.25, 0.3) is 0 Å². The number of pyridine rings is 1. The average molecular weight is 382 g/mol. The number of ether oxygens (including phenoxy) is 2. The second-order valence-corrected chi connectivity index (χ2v) is 6.90. The van der Waals surface area contributed by atoms with Gasteiger partial charge in [-0.25, -0.2) is 4.98 Å². The number of anilines is 1. The molecule has 0 saturated heterocycles. The topological polar surface area (TPSA) is 60.5 Å². The van der Waals surface area contributed by atoms with Crippen LogP contribution in [0.15, 0.2) is 53.6 Å². The van der Waals surface area contributed by atoms with Gasteiger partial charge in [-0.1, -0.05) is 23.9 Å². The van der Waals surface area contributed by atoms with E-state index in [4.69, 9.17) is 9.47 Å². The molecule has 1 aromatic heterocycles. The predicted octanol–water partition coefficient (Wildman–Crippen LogP) is 4.68. The van der Waals surface area contributed by atoms with Crippen molar-refractivity contribution < 1.29 is 14.3 Å². The number of hydrogen-bond acceptors (Lipinski definition) is 5. The third-order valence-corrected chi connectivity index (χ3v) is 5.06. The van der Waals surface area contributed by atoms with Crippen molar-refractivity contribution in [1.82, 2.24) is 4.98 Å². The molecule has 3 aromatic rings. The molecule has 140 valence electrons. The Hall–Kier alpha value is -2.73. The largest absolute Gasteiger partial charge is 0.497 e. The maximum Gasteiger partial charge on any atom is 0.234 e. The summed E-state index contributed by atoms with van der Waals surface area (Å²) in [5, 5.41) is 4.78. The fourth-order valence-electron chi connectivity index (χ4n) is 2.69. The summed E-state index contributed by atoms with van der Waals surface area (Å²) >= 11 is 1.42. The molecule has 0 bridgehead atoms. The van der Waals surface area contributed by atoms with Crippen LogP contribution in [0.3, 0.4) is 0 Å². The zero-order chi connectivity index (χ0) is 19.2. The number of rotatable bonds is 7. The Morgan fingerprint density at radius 3 is 2.78 bits per heavy atom. The summed E-state index contributed by atoms with van der Waals surface area (Å²) in [4.78, 5) is 17.0. The number of methoxy groups -OCH3 is 1. The van der Waals surface area contributed by atoms with Crippen molar-refractivity contribution in [3.8, 4) is 11.5 Å². The van der Waals surface area contributed by atoms with E-state index >= 15 is 0 Å². The molecule has 5 nitrogen and oxygen atoms in total. The van der Waals surface area contributed by atoms with Crippen molar-refractivity contribution in [2.75, 3.05) is 24.8 Å². The number of nitrogens with one attached hydrogen (secondary N) is 1. The number of benzene rings is 2. The van der Waals surface area contributed by atoms with Crippen LogP contribution in [0.5, 0.6) is 11.5 Å². The fourth-order valence-corrected chi connectivity index (χ4v) is 3.48. The molecule has 0 aliphatic carbocycles. The van der Waals surface area contributed by atoms with Crippen LogP contribution in [0.25, 0.3) is 10.9 Å². The van der Waals surface area contributed by atoms with E-state index in [1.807, 2.05) is 56.3 Å². The van der Waals surface area contributed by atoms with Gasteiger partial charge in [0.15, 0.2) is 0 Å². The van der Waals surface area contributed by atoms with Crippen LogP contribution in [0.2, 0.25) is 0 Å². The van der Waals surface area contributed by atoms with E-state index in [1.54, 1.807) is 7.11 Å². The number of aryl methyl sites for hydroxylation is 1. The van der Waals surface area contributed by atoms with Gasteiger partial charge < -0.3 is 14.8 Å². The molecule has 3 rings (SSSR count). The second-order valence-electron chi connectivity index (χ2n) is 5.94. The van der Waals surface area contributed by atoms with E-state index in [9.17, 15) is 4.79 Å². The third-order valence-electron chi connectivity index (χ3n) is 3.97. The Kier molecular flexibility index (Phi) is 6.19. The Labute approximate surface area is 163 Å². The first-order valence-electron chi connectivity index (χ1n) is 8.70. The molecule has 0 saturated carbocycles. The highest BCUT2D eigenvalue weighted by molar-refractivity contribution is 8.00. The Morgan fingerprint density at radius 1 is 1.19 bits per heavy atom. The summed E-state index contributed by atoms with van der Waals surface area (Å²) in [7, 11) is 1.65. The van der Waals surface area contributed by atoms with Crippen LogP contribution in [-0.4, -0.2) is 30.4 Å². The molecule has 0 fully saturated rings. The summed E-state index contributed by atoms with van der Waals surface area (Å²) in [5.41, 5.74) is 2.59. The number of carbonyl (C=O) groups is 1.